The van der Waals surface area contributed by atoms with Crippen LogP contribution in [0.5, 0.6) is 0 Å². The quantitative estimate of drug-likeness (QED) is 0.238. The van der Waals surface area contributed by atoms with E-state index in [-0.39, 0.29) is 12.4 Å². The Labute approximate surface area is 237 Å². The molecule has 0 radical (unpaired) electrons. The highest BCUT2D eigenvalue weighted by molar-refractivity contribution is 7.22. The SMILES string of the molecule is CCOC(=O)Cc1c(C)cc2nc(-c3ccc4c(c3)c(N3CC5(COC5)C3)nn4C)sc2c1-c1ccc(C)cc1. The number of carbonyl (C=O) groups excluding carboxylic acids is 1. The van der Waals surface area contributed by atoms with E-state index in [4.69, 9.17) is 19.6 Å². The van der Waals surface area contributed by atoms with Crippen LogP contribution < -0.4 is 4.90 Å². The Bertz CT molecular complexity index is 1770. The van der Waals surface area contributed by atoms with Crippen molar-refractivity contribution in [3.05, 3.63) is 65.2 Å². The fraction of sp³-hybridized carbons (Fsp3) is 0.344. The number of hydrogen-bond acceptors (Lipinski definition) is 7. The lowest BCUT2D eigenvalue weighted by molar-refractivity contribution is -0.142. The third kappa shape index (κ3) is 4.09. The second-order valence-corrected chi connectivity index (χ2v) is 12.3. The van der Waals surface area contributed by atoms with Gasteiger partial charge in [0.05, 0.1) is 47.4 Å². The maximum Gasteiger partial charge on any atom is 0.310 e. The van der Waals surface area contributed by atoms with Gasteiger partial charge in [-0.2, -0.15) is 5.10 Å². The van der Waals surface area contributed by atoms with Gasteiger partial charge in [-0.1, -0.05) is 29.8 Å². The minimum atomic E-state index is -0.209. The van der Waals surface area contributed by atoms with Crippen LogP contribution in [0.2, 0.25) is 0 Å². The van der Waals surface area contributed by atoms with E-state index in [1.165, 1.54) is 5.56 Å². The van der Waals surface area contributed by atoms with E-state index in [1.807, 2.05) is 18.7 Å². The number of thiazole rings is 1. The third-order valence-corrected chi connectivity index (χ3v) is 9.36. The molecule has 40 heavy (non-hydrogen) atoms. The van der Waals surface area contributed by atoms with E-state index < -0.39 is 0 Å². The summed E-state index contributed by atoms with van der Waals surface area (Å²) in [6.45, 7) is 10.1. The zero-order valence-corrected chi connectivity index (χ0v) is 24.1. The van der Waals surface area contributed by atoms with Crippen LogP contribution in [0.3, 0.4) is 0 Å². The first-order valence-electron chi connectivity index (χ1n) is 13.8. The number of aromatic nitrogens is 3. The molecule has 2 aliphatic rings. The largest absolute Gasteiger partial charge is 0.466 e. The standard InChI is InChI=1S/C32H32N4O3S/c1-5-39-27(37)14-23-20(3)12-25-29(28(23)21-8-6-19(2)7-9-21)40-31(33-25)22-10-11-26-24(13-22)30(34-35(26)4)36-15-32(16-36)17-38-18-32/h6-13H,5,14-18H2,1-4H3. The van der Waals surface area contributed by atoms with E-state index in [0.717, 1.165) is 86.1 Å². The summed E-state index contributed by atoms with van der Waals surface area (Å²) in [6.07, 6.45) is 0.236. The van der Waals surface area contributed by atoms with Crippen LogP contribution in [0, 0.1) is 19.3 Å². The molecule has 0 saturated carbocycles. The van der Waals surface area contributed by atoms with Gasteiger partial charge in [0.15, 0.2) is 5.82 Å². The minimum absolute atomic E-state index is 0.209. The third-order valence-electron chi connectivity index (χ3n) is 8.22. The summed E-state index contributed by atoms with van der Waals surface area (Å²) in [5.74, 6) is 0.824. The number of hydrogen-bond donors (Lipinski definition) is 0. The number of carbonyl (C=O) groups is 1. The van der Waals surface area contributed by atoms with Gasteiger partial charge in [0.25, 0.3) is 0 Å². The van der Waals surface area contributed by atoms with Crippen LogP contribution in [-0.4, -0.2) is 53.6 Å². The van der Waals surface area contributed by atoms with Gasteiger partial charge in [0.1, 0.15) is 5.01 Å². The molecule has 7 nitrogen and oxygen atoms in total. The summed E-state index contributed by atoms with van der Waals surface area (Å²) in [6, 6.07) is 17.1. The lowest BCUT2D eigenvalue weighted by atomic mass is 9.78. The molecule has 1 spiro atoms. The van der Waals surface area contributed by atoms with Crippen LogP contribution in [0.25, 0.3) is 42.8 Å². The Morgan fingerprint density at radius 2 is 1.82 bits per heavy atom. The van der Waals surface area contributed by atoms with Gasteiger partial charge < -0.3 is 14.4 Å². The first-order chi connectivity index (χ1) is 19.3. The second kappa shape index (κ2) is 9.42. The monoisotopic (exact) mass is 552 g/mol. The molecule has 2 aliphatic heterocycles. The van der Waals surface area contributed by atoms with Gasteiger partial charge in [0, 0.05) is 36.7 Å². The predicted octanol–water partition coefficient (Wildman–Crippen LogP) is 6.08. The number of anilines is 1. The maximum atomic E-state index is 12.6. The van der Waals surface area contributed by atoms with Crippen molar-refractivity contribution >= 4 is 44.2 Å². The number of ether oxygens (including phenoxy) is 2. The molecule has 0 atom stereocenters. The van der Waals surface area contributed by atoms with Crippen molar-refractivity contribution in [3.8, 4) is 21.7 Å². The predicted molar refractivity (Wildman–Crippen MR) is 160 cm³/mol. The summed E-state index contributed by atoms with van der Waals surface area (Å²) in [7, 11) is 2.01. The van der Waals surface area contributed by atoms with Gasteiger partial charge in [-0.25, -0.2) is 4.98 Å². The van der Waals surface area contributed by atoms with Crippen molar-refractivity contribution in [2.75, 3.05) is 37.8 Å². The number of esters is 1. The second-order valence-electron chi connectivity index (χ2n) is 11.3. The Morgan fingerprint density at radius 3 is 2.52 bits per heavy atom. The number of benzene rings is 3. The number of rotatable bonds is 6. The molecule has 0 amide bonds. The van der Waals surface area contributed by atoms with Gasteiger partial charge in [-0.05, 0) is 61.7 Å². The lowest BCUT2D eigenvalue weighted by Crippen LogP contribution is -2.66. The van der Waals surface area contributed by atoms with Gasteiger partial charge >= 0.3 is 5.97 Å². The molecule has 0 aliphatic carbocycles. The molecule has 3 aromatic carbocycles. The molecule has 0 N–H and O–H groups in total. The highest BCUT2D eigenvalue weighted by Crippen LogP contribution is 2.44. The van der Waals surface area contributed by atoms with E-state index >= 15 is 0 Å². The van der Waals surface area contributed by atoms with Crippen LogP contribution in [0.4, 0.5) is 5.82 Å². The summed E-state index contributed by atoms with van der Waals surface area (Å²) in [5, 5.41) is 6.99. The van der Waals surface area contributed by atoms with E-state index in [2.05, 4.69) is 67.3 Å². The zero-order chi connectivity index (χ0) is 27.6. The Kier molecular flexibility index (Phi) is 5.94. The summed E-state index contributed by atoms with van der Waals surface area (Å²) >= 11 is 1.68. The Morgan fingerprint density at radius 1 is 1.07 bits per heavy atom. The number of nitrogens with zero attached hydrogens (tertiary/aromatic N) is 4. The van der Waals surface area contributed by atoms with Gasteiger partial charge in [-0.15, -0.1) is 11.3 Å². The van der Waals surface area contributed by atoms with Crippen LogP contribution in [0.1, 0.15) is 23.6 Å². The lowest BCUT2D eigenvalue weighted by Gasteiger charge is -2.55. The first kappa shape index (κ1) is 25.2. The molecule has 5 aromatic rings. The molecule has 8 heteroatoms. The minimum Gasteiger partial charge on any atom is -0.466 e. The molecule has 2 saturated heterocycles. The smallest absolute Gasteiger partial charge is 0.310 e. The van der Waals surface area contributed by atoms with Crippen molar-refractivity contribution in [2.45, 2.75) is 27.2 Å². The average Bonchev–Trinajstić information content (AvgIpc) is 3.44. The number of aryl methyl sites for hydroxylation is 3. The molecule has 2 fully saturated rings. The zero-order valence-electron chi connectivity index (χ0n) is 23.3. The Balaban J connectivity index is 1.34. The molecular formula is C32H32N4O3S. The van der Waals surface area contributed by atoms with Crippen LogP contribution in [-0.2, 0) is 27.7 Å². The number of fused-ring (bicyclic) bond motifs is 2. The van der Waals surface area contributed by atoms with Crippen molar-refractivity contribution < 1.29 is 14.3 Å². The molecule has 0 unspecified atom stereocenters. The topological polar surface area (TPSA) is 69.5 Å². The van der Waals surface area contributed by atoms with Crippen molar-refractivity contribution in [2.24, 2.45) is 12.5 Å². The summed E-state index contributed by atoms with van der Waals surface area (Å²) in [4.78, 5) is 20.1. The van der Waals surface area contributed by atoms with Crippen LogP contribution >= 0.6 is 11.3 Å². The summed E-state index contributed by atoms with van der Waals surface area (Å²) < 4.78 is 13.9. The first-order valence-corrected chi connectivity index (χ1v) is 14.6. The highest BCUT2D eigenvalue weighted by atomic mass is 32.1. The van der Waals surface area contributed by atoms with E-state index in [0.29, 0.717) is 12.0 Å². The van der Waals surface area contributed by atoms with Crippen molar-refractivity contribution in [1.82, 2.24) is 14.8 Å². The molecule has 0 bridgehead atoms. The molecule has 2 aromatic heterocycles. The van der Waals surface area contributed by atoms with E-state index in [9.17, 15) is 4.79 Å². The normalized spacial score (nSPS) is 15.9. The molecule has 4 heterocycles. The van der Waals surface area contributed by atoms with Gasteiger partial charge in [0.2, 0.25) is 0 Å². The average molecular weight is 553 g/mol. The van der Waals surface area contributed by atoms with Crippen molar-refractivity contribution in [1.29, 1.82) is 0 Å². The van der Waals surface area contributed by atoms with Crippen LogP contribution in [0.15, 0.2) is 48.5 Å². The van der Waals surface area contributed by atoms with Crippen molar-refractivity contribution in [3.63, 3.8) is 0 Å². The molecule has 7 rings (SSSR count). The van der Waals surface area contributed by atoms with Gasteiger partial charge in [-0.3, -0.25) is 9.48 Å². The fourth-order valence-electron chi connectivity index (χ4n) is 6.07. The molecule has 204 valence electrons. The highest BCUT2D eigenvalue weighted by Gasteiger charge is 2.50. The molecular weight excluding hydrogens is 520 g/mol. The Hall–Kier alpha value is -3.75. The fourth-order valence-corrected chi connectivity index (χ4v) is 7.20. The van der Waals surface area contributed by atoms with E-state index in [1.54, 1.807) is 11.3 Å². The summed E-state index contributed by atoms with van der Waals surface area (Å²) in [5.41, 5.74) is 8.86. The maximum absolute atomic E-state index is 12.6.